The molecule has 1 aromatic heterocycles. The van der Waals surface area contributed by atoms with Crippen molar-refractivity contribution in [2.75, 3.05) is 13.1 Å². The van der Waals surface area contributed by atoms with Gasteiger partial charge in [-0.15, -0.1) is 0 Å². The van der Waals surface area contributed by atoms with Gasteiger partial charge in [0, 0.05) is 18.8 Å². The summed E-state index contributed by atoms with van der Waals surface area (Å²) < 4.78 is 0. The number of hydrogen-bond acceptors (Lipinski definition) is 4. The molecule has 21 heavy (non-hydrogen) atoms. The summed E-state index contributed by atoms with van der Waals surface area (Å²) in [4.78, 5) is 18.0. The number of aromatic nitrogens is 1. The average molecular weight is 292 g/mol. The first kappa shape index (κ1) is 15.8. The molecule has 0 spiro atoms. The van der Waals surface area contributed by atoms with Gasteiger partial charge in [0.05, 0.1) is 11.1 Å². The van der Waals surface area contributed by atoms with Gasteiger partial charge in [0.25, 0.3) is 0 Å². The number of hydrogen-bond donors (Lipinski definition) is 2. The van der Waals surface area contributed by atoms with Gasteiger partial charge < -0.3 is 10.2 Å². The predicted molar refractivity (Wildman–Crippen MR) is 80.1 cm³/mol. The van der Waals surface area contributed by atoms with Crippen molar-refractivity contribution in [3.05, 3.63) is 23.5 Å². The molecule has 1 aromatic rings. The van der Waals surface area contributed by atoms with E-state index < -0.39 is 11.4 Å². The number of carboxylic acids is 1. The van der Waals surface area contributed by atoms with Crippen LogP contribution in [-0.2, 0) is 11.3 Å². The zero-order valence-corrected chi connectivity index (χ0v) is 13.0. The van der Waals surface area contributed by atoms with Crippen molar-refractivity contribution in [2.24, 2.45) is 11.3 Å². The Bertz CT molecular complexity index is 528. The highest BCUT2D eigenvalue weighted by atomic mass is 16.4. The molecule has 2 N–H and O–H groups in total. The topological polar surface area (TPSA) is 73.7 Å². The van der Waals surface area contributed by atoms with Gasteiger partial charge in [0.15, 0.2) is 0 Å². The number of nitrogens with zero attached hydrogens (tertiary/aromatic N) is 2. The highest BCUT2D eigenvalue weighted by Crippen LogP contribution is 2.34. The van der Waals surface area contributed by atoms with E-state index in [-0.39, 0.29) is 11.7 Å². The normalized spacial score (nSPS) is 20.4. The molecule has 2 heterocycles. The van der Waals surface area contributed by atoms with E-state index in [1.807, 2.05) is 6.92 Å². The van der Waals surface area contributed by atoms with E-state index >= 15 is 0 Å². The molecule has 1 unspecified atom stereocenters. The van der Waals surface area contributed by atoms with Crippen molar-refractivity contribution < 1.29 is 15.0 Å². The molecule has 1 aliphatic rings. The van der Waals surface area contributed by atoms with Crippen molar-refractivity contribution in [2.45, 2.75) is 40.2 Å². The molecule has 0 aromatic carbocycles. The lowest BCUT2D eigenvalue weighted by atomic mass is 9.74. The molecule has 1 aliphatic heterocycles. The minimum atomic E-state index is -0.745. The molecule has 0 aliphatic carbocycles. The number of carboxylic acid groups (broad SMARTS) is 1. The van der Waals surface area contributed by atoms with Crippen LogP contribution in [0.3, 0.4) is 0 Å². The Balaban J connectivity index is 2.08. The van der Waals surface area contributed by atoms with Crippen LogP contribution < -0.4 is 0 Å². The van der Waals surface area contributed by atoms with Crippen LogP contribution in [0.25, 0.3) is 0 Å². The highest BCUT2D eigenvalue weighted by Gasteiger charge is 2.39. The van der Waals surface area contributed by atoms with E-state index in [9.17, 15) is 15.0 Å². The SMILES string of the molecule is Cc1ccc(O)c(CN2CCCC(C(C)(C)C(=O)O)C2)n1. The third kappa shape index (κ3) is 3.53. The predicted octanol–water partition coefficient (Wildman–Crippen LogP) is 2.42. The lowest BCUT2D eigenvalue weighted by Gasteiger charge is -2.39. The van der Waals surface area contributed by atoms with E-state index in [4.69, 9.17) is 0 Å². The first-order valence-electron chi connectivity index (χ1n) is 7.42. The van der Waals surface area contributed by atoms with Crippen molar-refractivity contribution in [1.82, 2.24) is 9.88 Å². The van der Waals surface area contributed by atoms with Crippen LogP contribution in [0.1, 0.15) is 38.1 Å². The van der Waals surface area contributed by atoms with Gasteiger partial charge in [-0.05, 0) is 58.2 Å². The monoisotopic (exact) mass is 292 g/mol. The molecule has 0 bridgehead atoms. The van der Waals surface area contributed by atoms with Crippen LogP contribution in [0.4, 0.5) is 0 Å². The zero-order chi connectivity index (χ0) is 15.6. The number of rotatable bonds is 4. The van der Waals surface area contributed by atoms with E-state index in [1.165, 1.54) is 0 Å². The fraction of sp³-hybridized carbons (Fsp3) is 0.625. The number of pyridine rings is 1. The van der Waals surface area contributed by atoms with Crippen molar-refractivity contribution in [3.63, 3.8) is 0 Å². The molecule has 0 radical (unpaired) electrons. The van der Waals surface area contributed by atoms with E-state index in [0.717, 1.165) is 31.6 Å². The molecule has 5 nitrogen and oxygen atoms in total. The zero-order valence-electron chi connectivity index (χ0n) is 13.0. The summed E-state index contributed by atoms with van der Waals surface area (Å²) in [6, 6.07) is 3.45. The average Bonchev–Trinajstić information content (AvgIpc) is 2.43. The Hall–Kier alpha value is -1.62. The molecular formula is C16H24N2O3. The lowest BCUT2D eigenvalue weighted by molar-refractivity contribution is -0.151. The van der Waals surface area contributed by atoms with Crippen molar-refractivity contribution in [1.29, 1.82) is 0 Å². The minimum absolute atomic E-state index is 0.121. The second kappa shape index (κ2) is 6.02. The molecule has 1 saturated heterocycles. The summed E-state index contributed by atoms with van der Waals surface area (Å²) in [6.07, 6.45) is 1.91. The van der Waals surface area contributed by atoms with Crippen molar-refractivity contribution in [3.8, 4) is 5.75 Å². The van der Waals surface area contributed by atoms with Crippen LogP contribution >= 0.6 is 0 Å². The number of carbonyl (C=O) groups is 1. The summed E-state index contributed by atoms with van der Waals surface area (Å²) in [5.74, 6) is -0.415. The standard InChI is InChI=1S/C16H24N2O3/c1-11-6-7-14(19)13(17-11)10-18-8-4-5-12(9-18)16(2,3)15(20)21/h6-7,12,19H,4-5,8-10H2,1-3H3,(H,20,21). The molecule has 116 valence electrons. The first-order chi connectivity index (χ1) is 9.80. The van der Waals surface area contributed by atoms with Crippen LogP contribution in [0.5, 0.6) is 5.75 Å². The quantitative estimate of drug-likeness (QED) is 0.891. The maximum absolute atomic E-state index is 11.4. The van der Waals surface area contributed by atoms with Gasteiger partial charge in [-0.1, -0.05) is 0 Å². The van der Waals surface area contributed by atoms with Crippen LogP contribution in [0.15, 0.2) is 12.1 Å². The maximum Gasteiger partial charge on any atom is 0.309 e. The summed E-state index contributed by atoms with van der Waals surface area (Å²) in [5.41, 5.74) is 0.826. The lowest BCUT2D eigenvalue weighted by Crippen LogP contribution is -2.44. The van der Waals surface area contributed by atoms with Crippen LogP contribution in [0, 0.1) is 18.3 Å². The Labute approximate surface area is 125 Å². The fourth-order valence-corrected chi connectivity index (χ4v) is 2.89. The van der Waals surface area contributed by atoms with Crippen molar-refractivity contribution >= 4 is 5.97 Å². The highest BCUT2D eigenvalue weighted by molar-refractivity contribution is 5.74. The molecular weight excluding hydrogens is 268 g/mol. The van der Waals surface area contributed by atoms with Crippen LogP contribution in [-0.4, -0.2) is 39.2 Å². The maximum atomic E-state index is 11.4. The minimum Gasteiger partial charge on any atom is -0.506 e. The second-order valence-electron chi connectivity index (χ2n) is 6.52. The molecule has 1 atom stereocenters. The molecule has 1 fully saturated rings. The third-order valence-electron chi connectivity index (χ3n) is 4.54. The molecule has 2 rings (SSSR count). The Morgan fingerprint density at radius 1 is 1.48 bits per heavy atom. The summed E-state index contributed by atoms with van der Waals surface area (Å²) in [5, 5.41) is 19.3. The number of piperidine rings is 1. The molecule has 0 amide bonds. The Kier molecular flexibility index (Phi) is 4.52. The Morgan fingerprint density at radius 2 is 2.19 bits per heavy atom. The van der Waals surface area contributed by atoms with Gasteiger partial charge in [-0.2, -0.15) is 0 Å². The third-order valence-corrected chi connectivity index (χ3v) is 4.54. The van der Waals surface area contributed by atoms with Gasteiger partial charge in [-0.3, -0.25) is 14.7 Å². The van der Waals surface area contributed by atoms with Gasteiger partial charge in [0.1, 0.15) is 5.75 Å². The smallest absolute Gasteiger partial charge is 0.309 e. The second-order valence-corrected chi connectivity index (χ2v) is 6.52. The number of aromatic hydroxyl groups is 1. The van der Waals surface area contributed by atoms with E-state index in [0.29, 0.717) is 12.2 Å². The largest absolute Gasteiger partial charge is 0.506 e. The summed E-state index contributed by atoms with van der Waals surface area (Å²) in [6.45, 7) is 7.71. The van der Waals surface area contributed by atoms with E-state index in [1.54, 1.807) is 26.0 Å². The Morgan fingerprint density at radius 3 is 2.86 bits per heavy atom. The number of aryl methyl sites for hydroxylation is 1. The number of likely N-dealkylation sites (tertiary alicyclic amines) is 1. The molecule has 5 heteroatoms. The number of aliphatic carboxylic acids is 1. The van der Waals surface area contributed by atoms with Gasteiger partial charge >= 0.3 is 5.97 Å². The first-order valence-corrected chi connectivity index (χ1v) is 7.42. The van der Waals surface area contributed by atoms with Gasteiger partial charge in [0.2, 0.25) is 0 Å². The fourth-order valence-electron chi connectivity index (χ4n) is 2.89. The van der Waals surface area contributed by atoms with Crippen LogP contribution in [0.2, 0.25) is 0 Å². The van der Waals surface area contributed by atoms with E-state index in [2.05, 4.69) is 9.88 Å². The molecule has 0 saturated carbocycles. The summed E-state index contributed by atoms with van der Waals surface area (Å²) in [7, 11) is 0. The van der Waals surface area contributed by atoms with Gasteiger partial charge in [-0.25, -0.2) is 0 Å². The summed E-state index contributed by atoms with van der Waals surface area (Å²) >= 11 is 0.